The first-order valence-electron chi connectivity index (χ1n) is 8.07. The van der Waals surface area contributed by atoms with Crippen molar-refractivity contribution in [3.63, 3.8) is 0 Å². The highest BCUT2D eigenvalue weighted by atomic mass is 16.6. The summed E-state index contributed by atoms with van der Waals surface area (Å²) >= 11 is 0. The fourth-order valence-electron chi connectivity index (χ4n) is 2.35. The van der Waals surface area contributed by atoms with Crippen LogP contribution in [0, 0.1) is 0 Å². The van der Waals surface area contributed by atoms with Crippen molar-refractivity contribution in [3.8, 4) is 16.9 Å². The molecule has 0 bridgehead atoms. The number of carbonyl (C=O) groups excluding carboxylic acids is 1. The molecule has 24 heavy (non-hydrogen) atoms. The van der Waals surface area contributed by atoms with Crippen LogP contribution in [0.5, 0.6) is 5.75 Å². The van der Waals surface area contributed by atoms with Gasteiger partial charge in [0.15, 0.2) is 0 Å². The van der Waals surface area contributed by atoms with Gasteiger partial charge in [-0.05, 0) is 68.7 Å². The molecule has 3 nitrogen and oxygen atoms in total. The fraction of sp³-hybridized carbons (Fsp3) is 0.286. The van der Waals surface area contributed by atoms with Crippen LogP contribution in [0.15, 0.2) is 49.0 Å². The maximum absolute atomic E-state index is 12.1. The highest BCUT2D eigenvalue weighted by molar-refractivity contribution is 5.90. The maximum Gasteiger partial charge on any atom is 0.338 e. The van der Waals surface area contributed by atoms with E-state index in [1.807, 2.05) is 58.0 Å². The molecule has 0 saturated heterocycles. The molecule has 0 heterocycles. The molecule has 0 radical (unpaired) electrons. The zero-order valence-electron chi connectivity index (χ0n) is 14.8. The van der Waals surface area contributed by atoms with Crippen LogP contribution >= 0.6 is 0 Å². The van der Waals surface area contributed by atoms with Crippen molar-refractivity contribution in [1.29, 1.82) is 0 Å². The summed E-state index contributed by atoms with van der Waals surface area (Å²) in [7, 11) is 0. The van der Waals surface area contributed by atoms with E-state index in [4.69, 9.17) is 9.47 Å². The zero-order chi connectivity index (χ0) is 17.7. The van der Waals surface area contributed by atoms with Gasteiger partial charge in [0, 0.05) is 0 Å². The maximum atomic E-state index is 12.1. The van der Waals surface area contributed by atoms with Crippen molar-refractivity contribution < 1.29 is 14.3 Å². The average Bonchev–Trinajstić information content (AvgIpc) is 2.53. The molecule has 0 atom stereocenters. The Balaban J connectivity index is 2.28. The van der Waals surface area contributed by atoms with Gasteiger partial charge in [-0.2, -0.15) is 0 Å². The Morgan fingerprint density at radius 2 is 1.79 bits per heavy atom. The lowest BCUT2D eigenvalue weighted by molar-refractivity contribution is 0.00696. The summed E-state index contributed by atoms with van der Waals surface area (Å²) in [4.78, 5) is 12.1. The minimum absolute atomic E-state index is 0.315. The van der Waals surface area contributed by atoms with E-state index in [0.717, 1.165) is 22.4 Å². The minimum Gasteiger partial charge on any atom is -0.494 e. The third kappa shape index (κ3) is 4.48. The van der Waals surface area contributed by atoms with Crippen LogP contribution in [0.1, 0.15) is 43.6 Å². The number of hydrogen-bond donors (Lipinski definition) is 0. The largest absolute Gasteiger partial charge is 0.494 e. The first-order valence-corrected chi connectivity index (χ1v) is 8.07. The molecular formula is C21H24O3. The Labute approximate surface area is 143 Å². The van der Waals surface area contributed by atoms with Crippen molar-refractivity contribution in [1.82, 2.24) is 0 Å². The summed E-state index contributed by atoms with van der Waals surface area (Å²) in [5.74, 6) is 0.506. The van der Waals surface area contributed by atoms with Crippen LogP contribution in [0.4, 0.5) is 0 Å². The average molecular weight is 324 g/mol. The van der Waals surface area contributed by atoms with E-state index in [9.17, 15) is 4.79 Å². The van der Waals surface area contributed by atoms with E-state index >= 15 is 0 Å². The third-order valence-corrected chi connectivity index (χ3v) is 3.38. The molecule has 2 aromatic rings. The van der Waals surface area contributed by atoms with Crippen molar-refractivity contribution in [2.24, 2.45) is 0 Å². The van der Waals surface area contributed by atoms with Crippen LogP contribution in [0.25, 0.3) is 17.2 Å². The monoisotopic (exact) mass is 324 g/mol. The van der Waals surface area contributed by atoms with E-state index in [-0.39, 0.29) is 5.97 Å². The molecule has 0 fully saturated rings. The highest BCUT2D eigenvalue weighted by Crippen LogP contribution is 2.29. The lowest BCUT2D eigenvalue weighted by Gasteiger charge is -2.19. The van der Waals surface area contributed by atoms with Gasteiger partial charge in [-0.25, -0.2) is 4.79 Å². The summed E-state index contributed by atoms with van der Waals surface area (Å²) in [5, 5.41) is 0. The van der Waals surface area contributed by atoms with E-state index in [2.05, 4.69) is 6.58 Å². The molecule has 0 N–H and O–H groups in total. The van der Waals surface area contributed by atoms with E-state index in [1.165, 1.54) is 0 Å². The first kappa shape index (κ1) is 17.8. The normalized spacial score (nSPS) is 11.0. The van der Waals surface area contributed by atoms with Gasteiger partial charge in [0.25, 0.3) is 0 Å². The molecule has 0 spiro atoms. The van der Waals surface area contributed by atoms with Gasteiger partial charge in [-0.3, -0.25) is 0 Å². The third-order valence-electron chi connectivity index (χ3n) is 3.38. The van der Waals surface area contributed by atoms with Gasteiger partial charge >= 0.3 is 5.97 Å². The lowest BCUT2D eigenvalue weighted by Crippen LogP contribution is -2.23. The molecule has 2 aromatic carbocycles. The smallest absolute Gasteiger partial charge is 0.338 e. The quantitative estimate of drug-likeness (QED) is 0.695. The molecule has 0 saturated carbocycles. The summed E-state index contributed by atoms with van der Waals surface area (Å²) in [5.41, 5.74) is 3.09. The van der Waals surface area contributed by atoms with Crippen LogP contribution in [0.2, 0.25) is 0 Å². The van der Waals surface area contributed by atoms with Gasteiger partial charge < -0.3 is 9.47 Å². The second kappa shape index (κ2) is 7.35. The predicted molar refractivity (Wildman–Crippen MR) is 98.3 cm³/mol. The van der Waals surface area contributed by atoms with Crippen LogP contribution < -0.4 is 4.74 Å². The molecule has 0 aliphatic heterocycles. The number of esters is 1. The van der Waals surface area contributed by atoms with Crippen molar-refractivity contribution in [2.45, 2.75) is 33.3 Å². The Morgan fingerprint density at radius 3 is 2.33 bits per heavy atom. The Kier molecular flexibility index (Phi) is 5.45. The summed E-state index contributed by atoms with van der Waals surface area (Å²) in [6.07, 6.45) is 1.81. The Morgan fingerprint density at radius 1 is 1.12 bits per heavy atom. The number of carbonyl (C=O) groups is 1. The van der Waals surface area contributed by atoms with Gasteiger partial charge in [-0.15, -0.1) is 0 Å². The Hall–Kier alpha value is -2.55. The van der Waals surface area contributed by atoms with E-state index in [1.54, 1.807) is 18.2 Å². The molecule has 126 valence electrons. The topological polar surface area (TPSA) is 35.5 Å². The first-order chi connectivity index (χ1) is 11.3. The van der Waals surface area contributed by atoms with Crippen LogP contribution in [0.3, 0.4) is 0 Å². The van der Waals surface area contributed by atoms with Crippen molar-refractivity contribution in [2.75, 3.05) is 6.61 Å². The minimum atomic E-state index is -0.499. The summed E-state index contributed by atoms with van der Waals surface area (Å²) in [6, 6.07) is 13.3. The number of ether oxygens (including phenoxy) is 2. The second-order valence-corrected chi connectivity index (χ2v) is 6.47. The fourth-order valence-corrected chi connectivity index (χ4v) is 2.35. The van der Waals surface area contributed by atoms with Crippen molar-refractivity contribution >= 4 is 12.0 Å². The van der Waals surface area contributed by atoms with Crippen molar-refractivity contribution in [3.05, 3.63) is 60.2 Å². The molecule has 0 aliphatic carbocycles. The molecule has 0 unspecified atom stereocenters. The van der Waals surface area contributed by atoms with Crippen LogP contribution in [-0.2, 0) is 4.74 Å². The number of rotatable bonds is 5. The summed E-state index contributed by atoms with van der Waals surface area (Å²) in [6.45, 7) is 12.0. The summed E-state index contributed by atoms with van der Waals surface area (Å²) < 4.78 is 10.9. The molecule has 2 rings (SSSR count). The SMILES string of the molecule is C=Cc1cc(OCC)ccc1-c1ccc(C(=O)OC(C)(C)C)cc1. The van der Waals surface area contributed by atoms with Gasteiger partial charge in [-0.1, -0.05) is 30.9 Å². The molecular weight excluding hydrogens is 300 g/mol. The van der Waals surface area contributed by atoms with Crippen LogP contribution in [-0.4, -0.2) is 18.2 Å². The Bertz CT molecular complexity index is 722. The molecule has 0 aromatic heterocycles. The predicted octanol–water partition coefficient (Wildman–Crippen LogP) is 5.35. The van der Waals surface area contributed by atoms with E-state index in [0.29, 0.717) is 12.2 Å². The number of benzene rings is 2. The van der Waals surface area contributed by atoms with Gasteiger partial charge in [0.05, 0.1) is 12.2 Å². The molecule has 0 amide bonds. The highest BCUT2D eigenvalue weighted by Gasteiger charge is 2.17. The lowest BCUT2D eigenvalue weighted by atomic mass is 9.98. The standard InChI is InChI=1S/C21H24O3/c1-6-15-14-18(23-7-2)12-13-19(15)16-8-10-17(11-9-16)20(22)24-21(3,4)5/h6,8-14H,1,7H2,2-5H3. The van der Waals surface area contributed by atoms with E-state index < -0.39 is 5.60 Å². The zero-order valence-corrected chi connectivity index (χ0v) is 14.8. The molecule has 0 aliphatic rings. The number of hydrogen-bond acceptors (Lipinski definition) is 3. The van der Waals surface area contributed by atoms with Gasteiger partial charge in [0.2, 0.25) is 0 Å². The molecule has 3 heteroatoms. The second-order valence-electron chi connectivity index (χ2n) is 6.47. The van der Waals surface area contributed by atoms with Gasteiger partial charge in [0.1, 0.15) is 11.4 Å².